The van der Waals surface area contributed by atoms with Gasteiger partial charge >= 0.3 is 0 Å². The second-order valence-electron chi connectivity index (χ2n) is 5.17. The molecule has 0 aromatic heterocycles. The van der Waals surface area contributed by atoms with Crippen LogP contribution in [0.1, 0.15) is 32.3 Å². The molecule has 1 saturated heterocycles. The highest BCUT2D eigenvalue weighted by Gasteiger charge is 2.29. The van der Waals surface area contributed by atoms with Crippen molar-refractivity contribution in [3.63, 3.8) is 0 Å². The van der Waals surface area contributed by atoms with Gasteiger partial charge < -0.3 is 10.1 Å². The highest BCUT2D eigenvalue weighted by molar-refractivity contribution is 6.35. The van der Waals surface area contributed by atoms with E-state index in [2.05, 4.69) is 19.2 Å². The van der Waals surface area contributed by atoms with E-state index in [9.17, 15) is 0 Å². The minimum absolute atomic E-state index is 0.279. The van der Waals surface area contributed by atoms with Crippen LogP contribution in [0.3, 0.4) is 0 Å². The molecule has 0 bridgehead atoms. The van der Waals surface area contributed by atoms with Gasteiger partial charge in [-0.15, -0.1) is 0 Å². The fraction of sp³-hybridized carbons (Fsp3) is 0.600. The third-order valence-electron chi connectivity index (χ3n) is 3.63. The lowest BCUT2D eigenvalue weighted by Gasteiger charge is -2.25. The van der Waals surface area contributed by atoms with Gasteiger partial charge in [-0.1, -0.05) is 36.2 Å². The summed E-state index contributed by atoms with van der Waals surface area (Å²) in [6.07, 6.45) is 3.78. The highest BCUT2D eigenvalue weighted by Crippen LogP contribution is 2.27. The molecule has 0 spiro atoms. The Morgan fingerprint density at radius 3 is 2.74 bits per heavy atom. The van der Waals surface area contributed by atoms with Crippen LogP contribution in [-0.2, 0) is 11.2 Å². The minimum Gasteiger partial charge on any atom is -0.374 e. The molecule has 1 aliphatic rings. The maximum Gasteiger partial charge on any atom is 0.0735 e. The monoisotopic (exact) mass is 301 g/mol. The average molecular weight is 302 g/mol. The summed E-state index contributed by atoms with van der Waals surface area (Å²) in [4.78, 5) is 0. The first-order valence-electron chi connectivity index (χ1n) is 6.93. The predicted octanol–water partition coefficient (Wildman–Crippen LogP) is 4.08. The first kappa shape index (κ1) is 15.1. The summed E-state index contributed by atoms with van der Waals surface area (Å²) >= 11 is 12.2. The molecule has 106 valence electrons. The molecule has 4 heteroatoms. The molecule has 0 amide bonds. The number of rotatable bonds is 5. The molecular weight excluding hydrogens is 281 g/mol. The van der Waals surface area contributed by atoms with E-state index >= 15 is 0 Å². The largest absolute Gasteiger partial charge is 0.374 e. The standard InChI is InChI=1S/C15H21Cl2NO/c1-3-18-14(15-7-4-10(2)19-15)8-11-5-6-12(16)9-13(11)17/h5-6,9-10,14-15,18H,3-4,7-8H2,1-2H3. The third-order valence-corrected chi connectivity index (χ3v) is 4.22. The van der Waals surface area contributed by atoms with Crippen LogP contribution in [0.4, 0.5) is 0 Å². The van der Waals surface area contributed by atoms with Gasteiger partial charge in [-0.2, -0.15) is 0 Å². The van der Waals surface area contributed by atoms with Crippen molar-refractivity contribution in [2.75, 3.05) is 6.54 Å². The van der Waals surface area contributed by atoms with Crippen molar-refractivity contribution in [2.45, 2.75) is 51.4 Å². The summed E-state index contributed by atoms with van der Waals surface area (Å²) in [6, 6.07) is 6.02. The Labute approximate surface area is 125 Å². The molecule has 1 fully saturated rings. The van der Waals surface area contributed by atoms with Gasteiger partial charge in [0.05, 0.1) is 12.2 Å². The third kappa shape index (κ3) is 4.09. The van der Waals surface area contributed by atoms with Crippen molar-refractivity contribution < 1.29 is 4.74 Å². The SMILES string of the molecule is CCNC(Cc1ccc(Cl)cc1Cl)C1CCC(C)O1. The van der Waals surface area contributed by atoms with Crippen molar-refractivity contribution in [2.24, 2.45) is 0 Å². The van der Waals surface area contributed by atoms with Crippen LogP contribution in [0.2, 0.25) is 10.0 Å². The van der Waals surface area contributed by atoms with Crippen molar-refractivity contribution in [1.82, 2.24) is 5.32 Å². The first-order valence-corrected chi connectivity index (χ1v) is 7.68. The van der Waals surface area contributed by atoms with E-state index in [1.807, 2.05) is 12.1 Å². The number of likely N-dealkylation sites (N-methyl/N-ethyl adjacent to an activating group) is 1. The van der Waals surface area contributed by atoms with Crippen LogP contribution < -0.4 is 5.32 Å². The Balaban J connectivity index is 2.07. The highest BCUT2D eigenvalue weighted by atomic mass is 35.5. The molecule has 1 aliphatic heterocycles. The predicted molar refractivity (Wildman–Crippen MR) is 81.2 cm³/mol. The average Bonchev–Trinajstić information content (AvgIpc) is 2.78. The van der Waals surface area contributed by atoms with E-state index in [1.54, 1.807) is 6.07 Å². The molecule has 0 aliphatic carbocycles. The molecule has 3 unspecified atom stereocenters. The van der Waals surface area contributed by atoms with Crippen molar-refractivity contribution >= 4 is 23.2 Å². The van der Waals surface area contributed by atoms with Gasteiger partial charge in [-0.3, -0.25) is 0 Å². The van der Waals surface area contributed by atoms with Crippen LogP contribution in [0.25, 0.3) is 0 Å². The quantitative estimate of drug-likeness (QED) is 0.885. The molecule has 3 atom stereocenters. The Kier molecular flexibility index (Phi) is 5.52. The fourth-order valence-corrected chi connectivity index (χ4v) is 3.14. The van der Waals surface area contributed by atoms with Gasteiger partial charge in [0.2, 0.25) is 0 Å². The molecule has 1 heterocycles. The molecule has 2 rings (SSSR count). The number of hydrogen-bond acceptors (Lipinski definition) is 2. The van der Waals surface area contributed by atoms with Crippen LogP contribution in [0, 0.1) is 0 Å². The molecule has 0 saturated carbocycles. The number of ether oxygens (including phenoxy) is 1. The first-order chi connectivity index (χ1) is 9.10. The second-order valence-corrected chi connectivity index (χ2v) is 6.01. The van der Waals surface area contributed by atoms with E-state index in [0.29, 0.717) is 17.2 Å². The van der Waals surface area contributed by atoms with Gasteiger partial charge in [0.25, 0.3) is 0 Å². The lowest BCUT2D eigenvalue weighted by molar-refractivity contribution is 0.0324. The van der Waals surface area contributed by atoms with Gasteiger partial charge in [-0.25, -0.2) is 0 Å². The summed E-state index contributed by atoms with van der Waals surface area (Å²) in [5, 5.41) is 4.94. The van der Waals surface area contributed by atoms with Crippen molar-refractivity contribution in [3.8, 4) is 0 Å². The Morgan fingerprint density at radius 2 is 2.16 bits per heavy atom. The summed E-state index contributed by atoms with van der Waals surface area (Å²) in [7, 11) is 0. The lowest BCUT2D eigenvalue weighted by atomic mass is 9.99. The van der Waals surface area contributed by atoms with E-state index in [1.165, 1.54) is 0 Å². The van der Waals surface area contributed by atoms with Crippen LogP contribution >= 0.6 is 23.2 Å². The van der Waals surface area contributed by atoms with Crippen LogP contribution in [0.15, 0.2) is 18.2 Å². The maximum absolute atomic E-state index is 6.26. The topological polar surface area (TPSA) is 21.3 Å². The van der Waals surface area contributed by atoms with Gasteiger partial charge in [0.15, 0.2) is 0 Å². The zero-order valence-electron chi connectivity index (χ0n) is 11.5. The minimum atomic E-state index is 0.279. The van der Waals surface area contributed by atoms with E-state index in [-0.39, 0.29) is 6.10 Å². The van der Waals surface area contributed by atoms with E-state index in [4.69, 9.17) is 27.9 Å². The lowest BCUT2D eigenvalue weighted by Crippen LogP contribution is -2.41. The van der Waals surface area contributed by atoms with Crippen LogP contribution in [0.5, 0.6) is 0 Å². The number of halogens is 2. The van der Waals surface area contributed by atoms with Crippen LogP contribution in [-0.4, -0.2) is 24.8 Å². The summed E-state index contributed by atoms with van der Waals surface area (Å²) in [5.41, 5.74) is 1.13. The Bertz CT molecular complexity index is 425. The van der Waals surface area contributed by atoms with Gasteiger partial charge in [-0.05, 0) is 50.4 Å². The zero-order chi connectivity index (χ0) is 13.8. The fourth-order valence-electron chi connectivity index (χ4n) is 2.65. The number of benzene rings is 1. The number of nitrogens with one attached hydrogen (secondary N) is 1. The smallest absolute Gasteiger partial charge is 0.0735 e. The normalized spacial score (nSPS) is 24.6. The Morgan fingerprint density at radius 1 is 1.37 bits per heavy atom. The molecule has 0 radical (unpaired) electrons. The molecule has 2 nitrogen and oxygen atoms in total. The summed E-state index contributed by atoms with van der Waals surface area (Å²) < 4.78 is 5.98. The molecule has 1 aromatic carbocycles. The molecule has 1 aromatic rings. The number of hydrogen-bond donors (Lipinski definition) is 1. The summed E-state index contributed by atoms with van der Waals surface area (Å²) in [5.74, 6) is 0. The molecule has 19 heavy (non-hydrogen) atoms. The summed E-state index contributed by atoms with van der Waals surface area (Å²) in [6.45, 7) is 5.19. The van der Waals surface area contributed by atoms with Crippen molar-refractivity contribution in [3.05, 3.63) is 33.8 Å². The zero-order valence-corrected chi connectivity index (χ0v) is 13.0. The van der Waals surface area contributed by atoms with E-state index < -0.39 is 0 Å². The van der Waals surface area contributed by atoms with Crippen molar-refractivity contribution in [1.29, 1.82) is 0 Å². The molecule has 1 N–H and O–H groups in total. The molecular formula is C15H21Cl2NO. The van der Waals surface area contributed by atoms with Gasteiger partial charge in [0, 0.05) is 16.1 Å². The van der Waals surface area contributed by atoms with Gasteiger partial charge in [0.1, 0.15) is 0 Å². The van der Waals surface area contributed by atoms with E-state index in [0.717, 1.165) is 36.4 Å². The maximum atomic E-state index is 6.26. The Hall–Kier alpha value is -0.280. The second kappa shape index (κ2) is 6.94.